The summed E-state index contributed by atoms with van der Waals surface area (Å²) in [6.45, 7) is 4.22. The average Bonchev–Trinajstić information content (AvgIpc) is 3.00. The van der Waals surface area contributed by atoms with Crippen LogP contribution in [-0.2, 0) is 0 Å². The summed E-state index contributed by atoms with van der Waals surface area (Å²) in [5.41, 5.74) is 0. The highest BCUT2D eigenvalue weighted by Gasteiger charge is 2.37. The van der Waals surface area contributed by atoms with Gasteiger partial charge in [0.15, 0.2) is 0 Å². The minimum atomic E-state index is 0.123. The van der Waals surface area contributed by atoms with Crippen LogP contribution in [0.5, 0.6) is 0 Å². The Balaban J connectivity index is 1.71. The van der Waals surface area contributed by atoms with Crippen molar-refractivity contribution >= 4 is 6.01 Å². The third-order valence-electron chi connectivity index (χ3n) is 4.23. The summed E-state index contributed by atoms with van der Waals surface area (Å²) in [5, 5.41) is 11.4. The van der Waals surface area contributed by atoms with Crippen molar-refractivity contribution < 1.29 is 4.42 Å². The van der Waals surface area contributed by atoms with Gasteiger partial charge in [0.2, 0.25) is 5.89 Å². The van der Waals surface area contributed by atoms with E-state index in [-0.39, 0.29) is 6.04 Å². The van der Waals surface area contributed by atoms with Gasteiger partial charge in [-0.05, 0) is 38.6 Å². The lowest BCUT2D eigenvalue weighted by Crippen LogP contribution is -2.21. The van der Waals surface area contributed by atoms with E-state index in [0.717, 1.165) is 24.9 Å². The zero-order valence-electron chi connectivity index (χ0n) is 10.5. The van der Waals surface area contributed by atoms with Gasteiger partial charge in [-0.2, -0.15) is 0 Å². The minimum absolute atomic E-state index is 0.123. The molecule has 1 saturated carbocycles. The van der Waals surface area contributed by atoms with E-state index >= 15 is 0 Å². The van der Waals surface area contributed by atoms with Gasteiger partial charge in [-0.1, -0.05) is 11.5 Å². The predicted octanol–water partition coefficient (Wildman–Crippen LogP) is 1.59. The Kier molecular flexibility index (Phi) is 2.78. The number of anilines is 1. The molecule has 0 aromatic carbocycles. The Morgan fingerprint density at radius 3 is 2.65 bits per heavy atom. The zero-order chi connectivity index (χ0) is 11.8. The summed E-state index contributed by atoms with van der Waals surface area (Å²) in [6.07, 6.45) is 4.14. The summed E-state index contributed by atoms with van der Waals surface area (Å²) in [6, 6.07) is 0.829. The Hall–Kier alpha value is -1.10. The number of rotatable bonds is 3. The van der Waals surface area contributed by atoms with Crippen LogP contribution in [0.25, 0.3) is 0 Å². The minimum Gasteiger partial charge on any atom is -0.406 e. The zero-order valence-corrected chi connectivity index (χ0v) is 10.5. The molecule has 5 nitrogen and oxygen atoms in total. The van der Waals surface area contributed by atoms with Crippen molar-refractivity contribution in [2.24, 2.45) is 11.8 Å². The first-order valence-corrected chi connectivity index (χ1v) is 6.53. The van der Waals surface area contributed by atoms with Gasteiger partial charge >= 0.3 is 6.01 Å². The van der Waals surface area contributed by atoms with Crippen LogP contribution in [-0.4, -0.2) is 30.3 Å². The Labute approximate surface area is 102 Å². The quantitative estimate of drug-likeness (QED) is 0.863. The second-order valence-electron chi connectivity index (χ2n) is 5.29. The molecule has 1 saturated heterocycles. The molecule has 3 unspecified atom stereocenters. The van der Waals surface area contributed by atoms with Crippen molar-refractivity contribution in [1.82, 2.24) is 15.5 Å². The highest BCUT2D eigenvalue weighted by molar-refractivity contribution is 5.28. The number of fused-ring (bicyclic) bond motifs is 1. The number of hydrogen-bond donors (Lipinski definition) is 1. The fourth-order valence-corrected chi connectivity index (χ4v) is 3.04. The Morgan fingerprint density at radius 1 is 1.29 bits per heavy atom. The lowest BCUT2D eigenvalue weighted by atomic mass is 10.0. The smallest absolute Gasteiger partial charge is 0.318 e. The van der Waals surface area contributed by atoms with E-state index in [2.05, 4.69) is 20.4 Å². The summed E-state index contributed by atoms with van der Waals surface area (Å²) >= 11 is 0. The molecule has 2 heterocycles. The van der Waals surface area contributed by atoms with Crippen LogP contribution >= 0.6 is 0 Å². The largest absolute Gasteiger partial charge is 0.406 e. The molecule has 1 aromatic rings. The second kappa shape index (κ2) is 4.29. The van der Waals surface area contributed by atoms with Crippen LogP contribution in [0.2, 0.25) is 0 Å². The molecular weight excluding hydrogens is 216 g/mol. The van der Waals surface area contributed by atoms with Gasteiger partial charge in [-0.25, -0.2) is 0 Å². The van der Waals surface area contributed by atoms with Crippen LogP contribution in [0, 0.1) is 11.8 Å². The molecule has 1 aliphatic carbocycles. The van der Waals surface area contributed by atoms with Gasteiger partial charge in [0.1, 0.15) is 0 Å². The summed E-state index contributed by atoms with van der Waals surface area (Å²) < 4.78 is 5.73. The van der Waals surface area contributed by atoms with Crippen LogP contribution in [0.4, 0.5) is 6.01 Å². The molecule has 0 radical (unpaired) electrons. The Morgan fingerprint density at radius 2 is 2.00 bits per heavy atom. The van der Waals surface area contributed by atoms with Crippen molar-refractivity contribution in [3.8, 4) is 0 Å². The first kappa shape index (κ1) is 11.0. The fraction of sp³-hybridized carbons (Fsp3) is 0.833. The normalized spacial score (nSPS) is 29.6. The molecule has 1 aromatic heterocycles. The molecular formula is C12H20N4O. The molecule has 1 aliphatic heterocycles. The molecule has 2 aliphatic rings. The van der Waals surface area contributed by atoms with Gasteiger partial charge in [-0.15, -0.1) is 5.10 Å². The van der Waals surface area contributed by atoms with Gasteiger partial charge < -0.3 is 14.6 Å². The third-order valence-corrected chi connectivity index (χ3v) is 4.23. The van der Waals surface area contributed by atoms with Crippen molar-refractivity contribution in [3.05, 3.63) is 5.89 Å². The lowest BCUT2D eigenvalue weighted by molar-refractivity contribution is 0.431. The Bertz CT molecular complexity index is 380. The van der Waals surface area contributed by atoms with Crippen LogP contribution in [0.1, 0.15) is 38.1 Å². The average molecular weight is 236 g/mol. The number of hydrogen-bond acceptors (Lipinski definition) is 5. The highest BCUT2D eigenvalue weighted by Crippen LogP contribution is 2.39. The van der Waals surface area contributed by atoms with E-state index in [9.17, 15) is 0 Å². The van der Waals surface area contributed by atoms with Crippen LogP contribution in [0.3, 0.4) is 0 Å². The number of nitrogens with one attached hydrogen (secondary N) is 1. The predicted molar refractivity (Wildman–Crippen MR) is 64.8 cm³/mol. The SMILES string of the molecule is CNC(C)c1nnc(N2CC3CCCC3C2)o1. The monoisotopic (exact) mass is 236 g/mol. The summed E-state index contributed by atoms with van der Waals surface area (Å²) in [5.74, 6) is 2.39. The molecule has 5 heteroatoms. The molecule has 0 amide bonds. The van der Waals surface area contributed by atoms with Crippen molar-refractivity contribution in [3.63, 3.8) is 0 Å². The molecule has 0 bridgehead atoms. The second-order valence-corrected chi connectivity index (χ2v) is 5.29. The van der Waals surface area contributed by atoms with Gasteiger partial charge in [0.05, 0.1) is 6.04 Å². The molecule has 1 N–H and O–H groups in total. The lowest BCUT2D eigenvalue weighted by Gasteiger charge is -2.13. The maximum Gasteiger partial charge on any atom is 0.318 e. The number of nitrogens with zero attached hydrogens (tertiary/aromatic N) is 3. The molecule has 94 valence electrons. The van der Waals surface area contributed by atoms with Gasteiger partial charge in [-0.3, -0.25) is 0 Å². The topological polar surface area (TPSA) is 54.2 Å². The number of aromatic nitrogens is 2. The molecule has 2 fully saturated rings. The standard InChI is InChI=1S/C12H20N4O/c1-8(13-2)11-14-15-12(17-11)16-6-9-4-3-5-10(9)7-16/h8-10,13H,3-7H2,1-2H3. The molecule has 3 rings (SSSR count). The van der Waals surface area contributed by atoms with E-state index in [1.807, 2.05) is 14.0 Å². The first-order valence-electron chi connectivity index (χ1n) is 6.53. The van der Waals surface area contributed by atoms with Crippen molar-refractivity contribution in [2.45, 2.75) is 32.2 Å². The van der Waals surface area contributed by atoms with Crippen molar-refractivity contribution in [2.75, 3.05) is 25.0 Å². The highest BCUT2D eigenvalue weighted by atomic mass is 16.4. The van der Waals surface area contributed by atoms with E-state index < -0.39 is 0 Å². The molecule has 0 spiro atoms. The maximum absolute atomic E-state index is 5.73. The first-order chi connectivity index (χ1) is 8.28. The van der Waals surface area contributed by atoms with Crippen molar-refractivity contribution in [1.29, 1.82) is 0 Å². The fourth-order valence-electron chi connectivity index (χ4n) is 3.04. The van der Waals surface area contributed by atoms with E-state index in [0.29, 0.717) is 11.9 Å². The van der Waals surface area contributed by atoms with E-state index in [4.69, 9.17) is 4.42 Å². The maximum atomic E-state index is 5.73. The van der Waals surface area contributed by atoms with Crippen LogP contribution in [0.15, 0.2) is 4.42 Å². The molecule has 3 atom stereocenters. The third kappa shape index (κ3) is 1.92. The van der Waals surface area contributed by atoms with Crippen LogP contribution < -0.4 is 10.2 Å². The van der Waals surface area contributed by atoms with E-state index in [1.54, 1.807) is 0 Å². The summed E-state index contributed by atoms with van der Waals surface area (Å²) in [7, 11) is 1.90. The van der Waals surface area contributed by atoms with Gasteiger partial charge in [0.25, 0.3) is 0 Å². The summed E-state index contributed by atoms with van der Waals surface area (Å²) in [4.78, 5) is 2.26. The van der Waals surface area contributed by atoms with Gasteiger partial charge in [0, 0.05) is 13.1 Å². The molecule has 17 heavy (non-hydrogen) atoms. The van der Waals surface area contributed by atoms with E-state index in [1.165, 1.54) is 19.3 Å².